The first-order chi connectivity index (χ1) is 13.6. The van der Waals surface area contributed by atoms with E-state index in [0.29, 0.717) is 55.1 Å². The van der Waals surface area contributed by atoms with E-state index in [1.54, 1.807) is 25.3 Å². The lowest BCUT2D eigenvalue weighted by molar-refractivity contribution is -0.00596. The molecule has 3 heterocycles. The first kappa shape index (κ1) is 17.3. The van der Waals surface area contributed by atoms with Crippen LogP contribution in [-0.2, 0) is 12.8 Å². The van der Waals surface area contributed by atoms with Crippen LogP contribution in [0.5, 0.6) is 11.5 Å². The van der Waals surface area contributed by atoms with Crippen molar-refractivity contribution in [1.29, 1.82) is 0 Å². The van der Waals surface area contributed by atoms with Crippen LogP contribution in [0.2, 0.25) is 0 Å². The molecule has 7 heteroatoms. The Labute approximate surface area is 163 Å². The van der Waals surface area contributed by atoms with Gasteiger partial charge in [0, 0.05) is 43.3 Å². The van der Waals surface area contributed by atoms with Gasteiger partial charge in [-0.3, -0.25) is 14.7 Å². The normalized spacial score (nSPS) is 19.9. The number of piperidine rings is 1. The zero-order chi connectivity index (χ0) is 19.3. The molecule has 2 aromatic rings. The van der Waals surface area contributed by atoms with E-state index < -0.39 is 5.60 Å². The highest BCUT2D eigenvalue weighted by molar-refractivity contribution is 6.00. The number of aromatic amines is 1. The molecule has 0 bridgehead atoms. The predicted octanol–water partition coefficient (Wildman–Crippen LogP) is 2.55. The van der Waals surface area contributed by atoms with E-state index in [-0.39, 0.29) is 11.7 Å². The molecule has 5 rings (SSSR count). The predicted molar refractivity (Wildman–Crippen MR) is 101 cm³/mol. The van der Waals surface area contributed by atoms with Crippen LogP contribution in [0.1, 0.15) is 57.8 Å². The van der Waals surface area contributed by atoms with E-state index in [4.69, 9.17) is 9.47 Å². The first-order valence-corrected chi connectivity index (χ1v) is 9.84. The minimum Gasteiger partial charge on any atom is -0.497 e. The topological polar surface area (TPSA) is 84.5 Å². The van der Waals surface area contributed by atoms with Crippen molar-refractivity contribution in [2.24, 2.45) is 0 Å². The van der Waals surface area contributed by atoms with Crippen LogP contribution < -0.4 is 9.47 Å². The van der Waals surface area contributed by atoms with Crippen LogP contribution in [0, 0.1) is 0 Å². The number of carbonyl (C=O) groups excluding carboxylic acids is 2. The van der Waals surface area contributed by atoms with E-state index in [9.17, 15) is 9.59 Å². The second-order valence-corrected chi connectivity index (χ2v) is 7.92. The third-order valence-corrected chi connectivity index (χ3v) is 6.27. The second kappa shape index (κ2) is 6.36. The number of likely N-dealkylation sites (tertiary alicyclic amines) is 1. The Morgan fingerprint density at radius 1 is 1.29 bits per heavy atom. The zero-order valence-corrected chi connectivity index (χ0v) is 15.9. The van der Waals surface area contributed by atoms with Gasteiger partial charge in [0.1, 0.15) is 17.1 Å². The summed E-state index contributed by atoms with van der Waals surface area (Å²) in [6, 6.07) is 5.32. The van der Waals surface area contributed by atoms with Crippen LogP contribution in [0.4, 0.5) is 0 Å². The van der Waals surface area contributed by atoms with Gasteiger partial charge in [0.05, 0.1) is 19.1 Å². The number of ether oxygens (including phenoxy) is 2. The van der Waals surface area contributed by atoms with Crippen LogP contribution in [-0.4, -0.2) is 52.6 Å². The fourth-order valence-corrected chi connectivity index (χ4v) is 4.64. The quantitative estimate of drug-likeness (QED) is 0.864. The van der Waals surface area contributed by atoms with Gasteiger partial charge in [-0.1, -0.05) is 0 Å². The minimum atomic E-state index is -0.541. The van der Waals surface area contributed by atoms with Crippen molar-refractivity contribution in [2.75, 3.05) is 20.2 Å². The third kappa shape index (κ3) is 2.68. The molecule has 1 saturated heterocycles. The van der Waals surface area contributed by atoms with Crippen LogP contribution >= 0.6 is 0 Å². The number of hydrogen-bond acceptors (Lipinski definition) is 5. The Morgan fingerprint density at radius 2 is 2.11 bits per heavy atom. The van der Waals surface area contributed by atoms with Crippen molar-refractivity contribution in [3.63, 3.8) is 0 Å². The number of aryl methyl sites for hydroxylation is 1. The molecular formula is C21H23N3O4. The molecule has 1 spiro atoms. The molecule has 1 fully saturated rings. The minimum absolute atomic E-state index is 0.0153. The fraction of sp³-hybridized carbons (Fsp3) is 0.476. The van der Waals surface area contributed by atoms with E-state index >= 15 is 0 Å². The van der Waals surface area contributed by atoms with Crippen molar-refractivity contribution >= 4 is 11.7 Å². The van der Waals surface area contributed by atoms with Crippen molar-refractivity contribution in [3.8, 4) is 11.5 Å². The van der Waals surface area contributed by atoms with E-state index in [1.807, 2.05) is 4.90 Å². The molecule has 0 saturated carbocycles. The SMILES string of the molecule is COc1ccc2c(c1)OC1(CCN(C(=O)c3n[nH]c4c3CCC4)CC1)CC2=O. The number of amides is 1. The summed E-state index contributed by atoms with van der Waals surface area (Å²) in [4.78, 5) is 27.5. The third-order valence-electron chi connectivity index (χ3n) is 6.27. The Bertz CT molecular complexity index is 957. The molecule has 1 aliphatic carbocycles. The molecule has 0 atom stereocenters. The zero-order valence-electron chi connectivity index (χ0n) is 15.9. The molecule has 2 aliphatic heterocycles. The molecule has 0 radical (unpaired) electrons. The lowest BCUT2D eigenvalue weighted by Gasteiger charge is -2.43. The number of H-pyrrole nitrogens is 1. The van der Waals surface area contributed by atoms with Crippen molar-refractivity contribution in [3.05, 3.63) is 40.7 Å². The molecule has 7 nitrogen and oxygen atoms in total. The maximum absolute atomic E-state index is 13.0. The number of nitrogens with one attached hydrogen (secondary N) is 1. The number of Topliss-reactive ketones (excluding diaryl/α,β-unsaturated/α-hetero) is 1. The summed E-state index contributed by atoms with van der Waals surface area (Å²) in [5, 5.41) is 7.27. The Hall–Kier alpha value is -2.83. The maximum Gasteiger partial charge on any atom is 0.274 e. The lowest BCUT2D eigenvalue weighted by Crippen LogP contribution is -2.52. The Balaban J connectivity index is 1.32. The second-order valence-electron chi connectivity index (χ2n) is 7.92. The van der Waals surface area contributed by atoms with Crippen molar-refractivity contribution < 1.29 is 19.1 Å². The van der Waals surface area contributed by atoms with Gasteiger partial charge in [-0.15, -0.1) is 0 Å². The molecule has 0 unspecified atom stereocenters. The van der Waals surface area contributed by atoms with E-state index in [0.717, 1.165) is 30.5 Å². The van der Waals surface area contributed by atoms with E-state index in [2.05, 4.69) is 10.2 Å². The average Bonchev–Trinajstić information content (AvgIpc) is 3.31. The summed E-state index contributed by atoms with van der Waals surface area (Å²) in [6.45, 7) is 1.13. The average molecular weight is 381 g/mol. The number of ketones is 1. The van der Waals surface area contributed by atoms with Crippen molar-refractivity contribution in [1.82, 2.24) is 15.1 Å². The highest BCUT2D eigenvalue weighted by Gasteiger charge is 2.44. The molecule has 1 aromatic heterocycles. The summed E-state index contributed by atoms with van der Waals surface area (Å²) >= 11 is 0. The lowest BCUT2D eigenvalue weighted by atomic mass is 9.82. The number of nitrogens with zero attached hydrogens (tertiary/aromatic N) is 2. The van der Waals surface area contributed by atoms with Gasteiger partial charge >= 0.3 is 0 Å². The monoisotopic (exact) mass is 381 g/mol. The molecule has 1 amide bonds. The molecular weight excluding hydrogens is 358 g/mol. The standard InChI is InChI=1S/C21H23N3O4/c1-27-13-5-6-15-17(25)12-21(28-18(15)11-13)7-9-24(10-8-21)20(26)19-14-3-2-4-16(14)22-23-19/h5-6,11H,2-4,7-10,12H2,1H3,(H,22,23). The van der Waals surface area contributed by atoms with Crippen LogP contribution in [0.15, 0.2) is 18.2 Å². The Kier molecular flexibility index (Phi) is 3.92. The highest BCUT2D eigenvalue weighted by atomic mass is 16.5. The summed E-state index contributed by atoms with van der Waals surface area (Å²) in [6.07, 6.45) is 4.58. The molecule has 1 N–H and O–H groups in total. The molecule has 1 aromatic carbocycles. The van der Waals surface area contributed by atoms with Gasteiger partial charge in [-0.05, 0) is 31.4 Å². The summed E-state index contributed by atoms with van der Waals surface area (Å²) in [5.41, 5.74) is 2.82. The summed E-state index contributed by atoms with van der Waals surface area (Å²) < 4.78 is 11.6. The van der Waals surface area contributed by atoms with Gasteiger partial charge < -0.3 is 14.4 Å². The smallest absolute Gasteiger partial charge is 0.274 e. The number of hydrogen-bond donors (Lipinski definition) is 1. The number of rotatable bonds is 2. The summed E-state index contributed by atoms with van der Waals surface area (Å²) in [7, 11) is 1.60. The highest BCUT2D eigenvalue weighted by Crippen LogP contribution is 2.41. The molecule has 28 heavy (non-hydrogen) atoms. The van der Waals surface area contributed by atoms with Crippen LogP contribution in [0.3, 0.4) is 0 Å². The number of methoxy groups -OCH3 is 1. The molecule has 146 valence electrons. The maximum atomic E-state index is 13.0. The molecule has 3 aliphatic rings. The van der Waals surface area contributed by atoms with Gasteiger partial charge in [0.25, 0.3) is 5.91 Å². The number of aromatic nitrogens is 2. The van der Waals surface area contributed by atoms with E-state index in [1.165, 1.54) is 0 Å². The number of fused-ring (bicyclic) bond motifs is 2. The van der Waals surface area contributed by atoms with Gasteiger partial charge in [-0.25, -0.2) is 0 Å². The van der Waals surface area contributed by atoms with Gasteiger partial charge in [-0.2, -0.15) is 5.10 Å². The summed E-state index contributed by atoms with van der Waals surface area (Å²) in [5.74, 6) is 1.33. The van der Waals surface area contributed by atoms with Gasteiger partial charge in [0.2, 0.25) is 0 Å². The number of carbonyl (C=O) groups is 2. The number of benzene rings is 1. The largest absolute Gasteiger partial charge is 0.497 e. The van der Waals surface area contributed by atoms with Crippen LogP contribution in [0.25, 0.3) is 0 Å². The Morgan fingerprint density at radius 3 is 2.89 bits per heavy atom. The fourth-order valence-electron chi connectivity index (χ4n) is 4.64. The first-order valence-electron chi connectivity index (χ1n) is 9.84. The van der Waals surface area contributed by atoms with Crippen molar-refractivity contribution in [2.45, 2.75) is 44.1 Å². The van der Waals surface area contributed by atoms with Gasteiger partial charge in [0.15, 0.2) is 11.5 Å².